The number of rotatable bonds is 6. The molecule has 1 fully saturated rings. The van der Waals surface area contributed by atoms with Crippen molar-refractivity contribution in [2.45, 2.75) is 19.3 Å². The first kappa shape index (κ1) is 13.7. The summed E-state index contributed by atoms with van der Waals surface area (Å²) in [5.74, 6) is 0.310. The molecule has 0 unspecified atom stereocenters. The minimum atomic E-state index is -0.194. The number of carbonyl (C=O) groups is 1. The Morgan fingerprint density at radius 3 is 2.84 bits per heavy atom. The predicted molar refractivity (Wildman–Crippen MR) is 73.1 cm³/mol. The van der Waals surface area contributed by atoms with Crippen molar-refractivity contribution in [2.24, 2.45) is 5.41 Å². The second kappa shape index (κ2) is 5.48. The zero-order valence-electron chi connectivity index (χ0n) is 11.1. The summed E-state index contributed by atoms with van der Waals surface area (Å²) in [7, 11) is 1.52. The lowest BCUT2D eigenvalue weighted by molar-refractivity contribution is 0.0941. The molecule has 1 amide bonds. The van der Waals surface area contributed by atoms with Gasteiger partial charge in [-0.2, -0.15) is 0 Å². The van der Waals surface area contributed by atoms with Gasteiger partial charge in [-0.15, -0.1) is 0 Å². The first-order chi connectivity index (χ1) is 9.12. The van der Waals surface area contributed by atoms with Crippen LogP contribution in [0, 0.1) is 5.41 Å². The number of aliphatic hydroxyl groups is 1. The number of amides is 1. The molecule has 0 saturated heterocycles. The maximum atomic E-state index is 12.1. The molecular weight excluding hydrogens is 244 g/mol. The Hall–Kier alpha value is -1.75. The normalized spacial score (nSPS) is 15.9. The summed E-state index contributed by atoms with van der Waals surface area (Å²) < 4.78 is 5.09. The van der Waals surface area contributed by atoms with Gasteiger partial charge in [0.25, 0.3) is 5.91 Å². The minimum absolute atomic E-state index is 0.0953. The van der Waals surface area contributed by atoms with E-state index in [0.29, 0.717) is 23.5 Å². The van der Waals surface area contributed by atoms with Crippen molar-refractivity contribution in [3.63, 3.8) is 0 Å². The summed E-state index contributed by atoms with van der Waals surface area (Å²) in [5, 5.41) is 11.9. The highest BCUT2D eigenvalue weighted by atomic mass is 16.5. The van der Waals surface area contributed by atoms with Crippen LogP contribution in [-0.4, -0.2) is 31.3 Å². The van der Waals surface area contributed by atoms with Crippen molar-refractivity contribution < 1.29 is 14.6 Å². The van der Waals surface area contributed by atoms with Gasteiger partial charge in [0.15, 0.2) is 0 Å². The second-order valence-electron chi connectivity index (χ2n) is 5.08. The Morgan fingerprint density at radius 2 is 2.26 bits per heavy atom. The quantitative estimate of drug-likeness (QED) is 0.673. The molecule has 0 bridgehead atoms. The maximum Gasteiger partial charge on any atom is 0.253 e. The third-order valence-electron chi connectivity index (χ3n) is 3.75. The van der Waals surface area contributed by atoms with E-state index in [2.05, 4.69) is 5.32 Å². The summed E-state index contributed by atoms with van der Waals surface area (Å²) in [6.45, 7) is 0.750. The predicted octanol–water partition coefficient (Wildman–Crippen LogP) is 1.17. The molecule has 5 nitrogen and oxygen atoms in total. The van der Waals surface area contributed by atoms with Gasteiger partial charge in [-0.25, -0.2) is 0 Å². The van der Waals surface area contributed by atoms with Crippen LogP contribution in [0.3, 0.4) is 0 Å². The van der Waals surface area contributed by atoms with E-state index in [0.717, 1.165) is 19.3 Å². The summed E-state index contributed by atoms with van der Waals surface area (Å²) in [6, 6.07) is 5.14. The van der Waals surface area contributed by atoms with E-state index in [1.54, 1.807) is 18.2 Å². The van der Waals surface area contributed by atoms with Crippen LogP contribution in [0.4, 0.5) is 5.69 Å². The monoisotopic (exact) mass is 264 g/mol. The lowest BCUT2D eigenvalue weighted by atomic mass is 10.0. The van der Waals surface area contributed by atoms with E-state index in [4.69, 9.17) is 15.6 Å². The molecule has 0 heterocycles. The molecule has 1 aromatic carbocycles. The highest BCUT2D eigenvalue weighted by Gasteiger charge is 2.41. The molecular formula is C14H20N2O3. The van der Waals surface area contributed by atoms with Crippen molar-refractivity contribution in [3.8, 4) is 5.75 Å². The average molecular weight is 264 g/mol. The minimum Gasteiger partial charge on any atom is -0.495 e. The number of carbonyl (C=O) groups excluding carboxylic acids is 1. The highest BCUT2D eigenvalue weighted by Crippen LogP contribution is 2.47. The van der Waals surface area contributed by atoms with Crippen LogP contribution in [-0.2, 0) is 0 Å². The molecule has 1 aliphatic rings. The van der Waals surface area contributed by atoms with Crippen molar-refractivity contribution in [1.29, 1.82) is 0 Å². The number of hydrogen-bond acceptors (Lipinski definition) is 4. The number of nitrogens with two attached hydrogens (primary N) is 1. The number of aliphatic hydroxyl groups excluding tert-OH is 1. The molecule has 0 spiro atoms. The molecule has 2 rings (SSSR count). The number of hydrogen-bond donors (Lipinski definition) is 3. The molecule has 0 aliphatic heterocycles. The van der Waals surface area contributed by atoms with Gasteiger partial charge in [-0.3, -0.25) is 4.79 Å². The molecule has 4 N–H and O–H groups in total. The van der Waals surface area contributed by atoms with E-state index in [-0.39, 0.29) is 17.9 Å². The van der Waals surface area contributed by atoms with E-state index in [1.807, 2.05) is 0 Å². The Bertz CT molecular complexity index is 470. The Balaban J connectivity index is 2.00. The van der Waals surface area contributed by atoms with Crippen molar-refractivity contribution >= 4 is 11.6 Å². The molecule has 104 valence electrons. The number of nitrogen functional groups attached to an aromatic ring is 1. The standard InChI is InChI=1S/C14H20N2O3/c1-19-11-4-2-3-10(12(11)15)13(18)16-9-14(5-6-14)7-8-17/h2-4,17H,5-9,15H2,1H3,(H,16,18). The SMILES string of the molecule is COc1cccc(C(=O)NCC2(CCO)CC2)c1N. The lowest BCUT2D eigenvalue weighted by Crippen LogP contribution is -2.31. The number of anilines is 1. The Labute approximate surface area is 112 Å². The topological polar surface area (TPSA) is 84.6 Å². The van der Waals surface area contributed by atoms with E-state index in [9.17, 15) is 4.79 Å². The van der Waals surface area contributed by atoms with Crippen LogP contribution >= 0.6 is 0 Å². The van der Waals surface area contributed by atoms with Crippen molar-refractivity contribution in [1.82, 2.24) is 5.32 Å². The molecule has 0 atom stereocenters. The Morgan fingerprint density at radius 1 is 1.53 bits per heavy atom. The smallest absolute Gasteiger partial charge is 0.253 e. The lowest BCUT2D eigenvalue weighted by Gasteiger charge is -2.15. The maximum absolute atomic E-state index is 12.1. The first-order valence-corrected chi connectivity index (χ1v) is 6.43. The molecule has 1 aromatic rings. The first-order valence-electron chi connectivity index (χ1n) is 6.43. The number of para-hydroxylation sites is 1. The zero-order valence-corrected chi connectivity index (χ0v) is 11.1. The van der Waals surface area contributed by atoms with Crippen LogP contribution in [0.1, 0.15) is 29.6 Å². The van der Waals surface area contributed by atoms with Crippen LogP contribution in [0.5, 0.6) is 5.75 Å². The highest BCUT2D eigenvalue weighted by molar-refractivity contribution is 6.00. The van der Waals surface area contributed by atoms with Gasteiger partial charge in [-0.05, 0) is 36.8 Å². The number of methoxy groups -OCH3 is 1. The van der Waals surface area contributed by atoms with Crippen LogP contribution in [0.25, 0.3) is 0 Å². The summed E-state index contributed by atoms with van der Waals surface area (Å²) in [6.07, 6.45) is 2.85. The van der Waals surface area contributed by atoms with Crippen LogP contribution in [0.15, 0.2) is 18.2 Å². The third kappa shape index (κ3) is 2.98. The van der Waals surface area contributed by atoms with Gasteiger partial charge >= 0.3 is 0 Å². The van der Waals surface area contributed by atoms with Gasteiger partial charge in [-0.1, -0.05) is 6.07 Å². The van der Waals surface area contributed by atoms with Crippen LogP contribution in [0.2, 0.25) is 0 Å². The van der Waals surface area contributed by atoms with E-state index >= 15 is 0 Å². The van der Waals surface area contributed by atoms with Crippen molar-refractivity contribution in [2.75, 3.05) is 26.0 Å². The number of benzene rings is 1. The van der Waals surface area contributed by atoms with E-state index in [1.165, 1.54) is 7.11 Å². The fourth-order valence-corrected chi connectivity index (χ4v) is 2.21. The van der Waals surface area contributed by atoms with E-state index < -0.39 is 0 Å². The van der Waals surface area contributed by atoms with Crippen molar-refractivity contribution in [3.05, 3.63) is 23.8 Å². The summed E-state index contributed by atoms with van der Waals surface area (Å²) >= 11 is 0. The molecule has 5 heteroatoms. The fourth-order valence-electron chi connectivity index (χ4n) is 2.21. The van der Waals surface area contributed by atoms with Gasteiger partial charge in [0, 0.05) is 13.2 Å². The molecule has 1 saturated carbocycles. The average Bonchev–Trinajstić information content (AvgIpc) is 3.17. The van der Waals surface area contributed by atoms with Gasteiger partial charge in [0.1, 0.15) is 5.75 Å². The largest absolute Gasteiger partial charge is 0.495 e. The summed E-state index contributed by atoms with van der Waals surface area (Å²) in [5.41, 5.74) is 6.76. The van der Waals surface area contributed by atoms with Gasteiger partial charge in [0.05, 0.1) is 18.4 Å². The van der Waals surface area contributed by atoms with Gasteiger partial charge < -0.3 is 20.9 Å². The number of ether oxygens (including phenoxy) is 1. The molecule has 1 aliphatic carbocycles. The molecule has 0 radical (unpaired) electrons. The fraction of sp³-hybridized carbons (Fsp3) is 0.500. The Kier molecular flexibility index (Phi) is 3.95. The second-order valence-corrected chi connectivity index (χ2v) is 5.08. The third-order valence-corrected chi connectivity index (χ3v) is 3.75. The number of nitrogens with one attached hydrogen (secondary N) is 1. The van der Waals surface area contributed by atoms with Crippen LogP contribution < -0.4 is 15.8 Å². The molecule has 19 heavy (non-hydrogen) atoms. The molecule has 0 aromatic heterocycles. The zero-order chi connectivity index (χ0) is 13.9. The summed E-state index contributed by atoms with van der Waals surface area (Å²) in [4.78, 5) is 12.1. The van der Waals surface area contributed by atoms with Gasteiger partial charge in [0.2, 0.25) is 0 Å².